The highest BCUT2D eigenvalue weighted by Crippen LogP contribution is 2.24. The topological polar surface area (TPSA) is 94.6 Å². The number of rotatable bonds is 7. The molecule has 0 radical (unpaired) electrons. The van der Waals surface area contributed by atoms with Crippen LogP contribution in [0.5, 0.6) is 0 Å². The molecule has 2 fully saturated rings. The van der Waals surface area contributed by atoms with Crippen LogP contribution in [0, 0.1) is 17.1 Å². The summed E-state index contributed by atoms with van der Waals surface area (Å²) in [5.74, 6) is -0.784. The first kappa shape index (κ1) is 25.3. The average molecular weight is 480 g/mol. The lowest BCUT2D eigenvalue weighted by atomic mass is 9.90. The first-order chi connectivity index (χ1) is 16.9. The molecular formula is C27H34FN5O2. The zero-order chi connectivity index (χ0) is 24.8. The van der Waals surface area contributed by atoms with E-state index in [2.05, 4.69) is 40.4 Å². The number of carbonyl (C=O) groups is 1. The van der Waals surface area contributed by atoms with Crippen LogP contribution in [0.15, 0.2) is 42.5 Å². The van der Waals surface area contributed by atoms with Crippen molar-refractivity contribution in [3.63, 3.8) is 0 Å². The maximum atomic E-state index is 14.9. The zero-order valence-corrected chi connectivity index (χ0v) is 20.3. The molecule has 186 valence electrons. The molecule has 0 spiro atoms. The minimum absolute atomic E-state index is 0.0743. The fraction of sp³-hybridized carbons (Fsp3) is 0.481. The number of hydrogen-bond donors (Lipinski definition) is 2. The van der Waals surface area contributed by atoms with E-state index in [0.717, 1.165) is 43.9 Å². The number of ether oxygens (including phenoxy) is 1. The number of hydrogen-bond acceptors (Lipinski definition) is 6. The van der Waals surface area contributed by atoms with Crippen molar-refractivity contribution < 1.29 is 13.9 Å². The van der Waals surface area contributed by atoms with Gasteiger partial charge in [0.2, 0.25) is 5.91 Å². The predicted molar refractivity (Wildman–Crippen MR) is 133 cm³/mol. The Morgan fingerprint density at radius 2 is 1.80 bits per heavy atom. The van der Waals surface area contributed by atoms with E-state index >= 15 is 0 Å². The molecule has 3 N–H and O–H groups in total. The van der Waals surface area contributed by atoms with Gasteiger partial charge < -0.3 is 20.7 Å². The summed E-state index contributed by atoms with van der Waals surface area (Å²) in [4.78, 5) is 17.4. The van der Waals surface area contributed by atoms with Crippen molar-refractivity contribution in [2.45, 2.75) is 37.4 Å². The van der Waals surface area contributed by atoms with Crippen LogP contribution < -0.4 is 11.1 Å². The molecule has 2 heterocycles. The fourth-order valence-corrected chi connectivity index (χ4v) is 4.57. The van der Waals surface area contributed by atoms with Crippen LogP contribution in [0.25, 0.3) is 11.1 Å². The van der Waals surface area contributed by atoms with Gasteiger partial charge >= 0.3 is 0 Å². The van der Waals surface area contributed by atoms with E-state index in [4.69, 9.17) is 10.5 Å². The third-order valence-electron chi connectivity index (χ3n) is 7.06. The predicted octanol–water partition coefficient (Wildman–Crippen LogP) is 2.30. The number of carbonyl (C=O) groups excluding carboxylic acids is 1. The quantitative estimate of drug-likeness (QED) is 0.633. The van der Waals surface area contributed by atoms with E-state index in [9.17, 15) is 14.4 Å². The van der Waals surface area contributed by atoms with Crippen LogP contribution in [0.2, 0.25) is 0 Å². The van der Waals surface area contributed by atoms with Crippen molar-refractivity contribution >= 4 is 5.91 Å². The van der Waals surface area contributed by atoms with Gasteiger partial charge in [-0.25, -0.2) is 4.39 Å². The lowest BCUT2D eigenvalue weighted by Gasteiger charge is -2.32. The molecule has 2 aromatic carbocycles. The largest absolute Gasteiger partial charge is 0.381 e. The molecule has 35 heavy (non-hydrogen) atoms. The van der Waals surface area contributed by atoms with E-state index in [1.54, 1.807) is 6.07 Å². The van der Waals surface area contributed by atoms with Crippen molar-refractivity contribution in [3.05, 3.63) is 59.4 Å². The lowest BCUT2D eigenvalue weighted by molar-refractivity contribution is -0.130. The molecule has 2 aliphatic rings. The molecule has 2 saturated heterocycles. The Bertz CT molecular complexity index is 1050. The van der Waals surface area contributed by atoms with Gasteiger partial charge in [0.05, 0.1) is 11.6 Å². The Labute approximate surface area is 206 Å². The Balaban J connectivity index is 1.37. The normalized spacial score (nSPS) is 19.6. The maximum absolute atomic E-state index is 14.9. The highest BCUT2D eigenvalue weighted by atomic mass is 19.1. The third-order valence-corrected chi connectivity index (χ3v) is 7.06. The van der Waals surface area contributed by atoms with E-state index in [1.807, 2.05) is 18.2 Å². The standard InChI is InChI=1S/C27H34FN5O2/c1-32-10-12-33(13-11-32)19-20-2-4-21(5-3-20)22-6-7-23(25(28)17-22)16-24(18-29)31-26(34)27(30)8-14-35-15-9-27/h2-7,17,24H,8-16,19,30H2,1H3,(H,31,34). The maximum Gasteiger partial charge on any atom is 0.241 e. The second kappa shape index (κ2) is 11.3. The number of nitrogens with zero attached hydrogens (tertiary/aromatic N) is 3. The number of amides is 1. The Morgan fingerprint density at radius 3 is 2.43 bits per heavy atom. The van der Waals surface area contributed by atoms with Gasteiger partial charge in [-0.3, -0.25) is 9.69 Å². The average Bonchev–Trinajstić information content (AvgIpc) is 2.87. The van der Waals surface area contributed by atoms with Crippen molar-refractivity contribution in [2.75, 3.05) is 46.4 Å². The smallest absolute Gasteiger partial charge is 0.241 e. The number of benzene rings is 2. The summed E-state index contributed by atoms with van der Waals surface area (Å²) in [5.41, 5.74) is 8.49. The SMILES string of the molecule is CN1CCN(Cc2ccc(-c3ccc(CC(C#N)NC(=O)C4(N)CCOCC4)c(F)c3)cc2)CC1. The van der Waals surface area contributed by atoms with Crippen LogP contribution in [0.3, 0.4) is 0 Å². The summed E-state index contributed by atoms with van der Waals surface area (Å²) in [5, 5.41) is 12.2. The van der Waals surface area contributed by atoms with E-state index < -0.39 is 17.4 Å². The highest BCUT2D eigenvalue weighted by molar-refractivity contribution is 5.86. The first-order valence-corrected chi connectivity index (χ1v) is 12.2. The van der Waals surface area contributed by atoms with Crippen LogP contribution in [0.4, 0.5) is 4.39 Å². The summed E-state index contributed by atoms with van der Waals surface area (Å²) < 4.78 is 20.2. The number of piperazine rings is 1. The van der Waals surface area contributed by atoms with Gasteiger partial charge in [-0.2, -0.15) is 5.26 Å². The molecule has 0 aromatic heterocycles. The molecule has 7 nitrogen and oxygen atoms in total. The van der Waals surface area contributed by atoms with Crippen LogP contribution in [0.1, 0.15) is 24.0 Å². The van der Waals surface area contributed by atoms with Crippen LogP contribution >= 0.6 is 0 Å². The molecule has 8 heteroatoms. The van der Waals surface area contributed by atoms with Crippen molar-refractivity contribution in [1.29, 1.82) is 5.26 Å². The molecule has 0 aliphatic carbocycles. The number of halogens is 1. The molecule has 1 unspecified atom stereocenters. The summed E-state index contributed by atoms with van der Waals surface area (Å²) in [6.45, 7) is 6.04. The molecule has 0 saturated carbocycles. The van der Waals surface area contributed by atoms with Gasteiger partial charge in [-0.15, -0.1) is 0 Å². The second-order valence-electron chi connectivity index (χ2n) is 9.71. The van der Waals surface area contributed by atoms with E-state index in [1.165, 1.54) is 11.6 Å². The highest BCUT2D eigenvalue weighted by Gasteiger charge is 2.37. The number of nitrogens with one attached hydrogen (secondary N) is 1. The Kier molecular flexibility index (Phi) is 8.14. The summed E-state index contributed by atoms with van der Waals surface area (Å²) in [6, 6.07) is 14.5. The minimum atomic E-state index is -1.05. The van der Waals surface area contributed by atoms with Crippen LogP contribution in [-0.4, -0.2) is 73.7 Å². The van der Waals surface area contributed by atoms with Crippen molar-refractivity contribution in [1.82, 2.24) is 15.1 Å². The Morgan fingerprint density at radius 1 is 1.14 bits per heavy atom. The minimum Gasteiger partial charge on any atom is -0.381 e. The summed E-state index contributed by atoms with van der Waals surface area (Å²) >= 11 is 0. The summed E-state index contributed by atoms with van der Waals surface area (Å²) in [6.07, 6.45) is 0.868. The molecule has 4 rings (SSSR count). The van der Waals surface area contributed by atoms with Gasteiger partial charge in [0.15, 0.2) is 0 Å². The summed E-state index contributed by atoms with van der Waals surface area (Å²) in [7, 11) is 2.15. The van der Waals surface area contributed by atoms with E-state index in [-0.39, 0.29) is 12.3 Å². The number of nitrogens with two attached hydrogens (primary N) is 1. The van der Waals surface area contributed by atoms with Gasteiger partial charge in [-0.1, -0.05) is 36.4 Å². The molecule has 2 aliphatic heterocycles. The lowest BCUT2D eigenvalue weighted by Crippen LogP contribution is -2.58. The van der Waals surface area contributed by atoms with Crippen molar-refractivity contribution in [2.24, 2.45) is 5.73 Å². The molecular weight excluding hydrogens is 445 g/mol. The van der Waals surface area contributed by atoms with Crippen LogP contribution in [-0.2, 0) is 22.5 Å². The van der Waals surface area contributed by atoms with Gasteiger partial charge in [0.1, 0.15) is 11.9 Å². The number of nitriles is 1. The fourth-order valence-electron chi connectivity index (χ4n) is 4.57. The first-order valence-electron chi connectivity index (χ1n) is 12.2. The molecule has 2 aromatic rings. The third kappa shape index (κ3) is 6.44. The Hall–Kier alpha value is -2.83. The molecule has 0 bridgehead atoms. The van der Waals surface area contributed by atoms with Crippen molar-refractivity contribution in [3.8, 4) is 17.2 Å². The molecule has 1 atom stereocenters. The zero-order valence-electron chi connectivity index (χ0n) is 20.3. The monoisotopic (exact) mass is 479 g/mol. The van der Waals surface area contributed by atoms with E-state index in [0.29, 0.717) is 31.6 Å². The molecule has 1 amide bonds. The van der Waals surface area contributed by atoms with Gasteiger partial charge in [0, 0.05) is 52.4 Å². The van der Waals surface area contributed by atoms with Gasteiger partial charge in [-0.05, 0) is 48.2 Å². The second-order valence-corrected chi connectivity index (χ2v) is 9.71. The number of likely N-dealkylation sites (N-methyl/N-ethyl adjacent to an activating group) is 1. The van der Waals surface area contributed by atoms with Gasteiger partial charge in [0.25, 0.3) is 0 Å².